The third kappa shape index (κ3) is 5.84. The van der Waals surface area contributed by atoms with Crippen LogP contribution in [0.5, 0.6) is 0 Å². The Morgan fingerprint density at radius 1 is 1.29 bits per heavy atom. The predicted molar refractivity (Wildman–Crippen MR) is 70.8 cm³/mol. The van der Waals surface area contributed by atoms with Gasteiger partial charge in [0.2, 0.25) is 5.91 Å². The van der Waals surface area contributed by atoms with Crippen LogP contribution in [0, 0.1) is 0 Å². The first kappa shape index (κ1) is 16.1. The molecule has 0 saturated heterocycles. The van der Waals surface area contributed by atoms with Crippen LogP contribution >= 0.6 is 0 Å². The smallest absolute Gasteiger partial charge is 0.237 e. The van der Waals surface area contributed by atoms with Gasteiger partial charge in [0, 0.05) is 25.2 Å². The van der Waals surface area contributed by atoms with Crippen molar-refractivity contribution in [3.63, 3.8) is 0 Å². The van der Waals surface area contributed by atoms with Crippen LogP contribution in [-0.4, -0.2) is 59.1 Å². The minimum Gasteiger partial charge on any atom is -0.395 e. The maximum absolute atomic E-state index is 12.2. The van der Waals surface area contributed by atoms with Crippen molar-refractivity contribution in [2.45, 2.75) is 39.8 Å². The Bertz CT molecular complexity index is 232. The van der Waals surface area contributed by atoms with Gasteiger partial charge in [-0.1, -0.05) is 6.08 Å². The monoisotopic (exact) mass is 242 g/mol. The molecular formula is C13H26N2O2. The van der Waals surface area contributed by atoms with Crippen molar-refractivity contribution >= 4 is 5.91 Å². The summed E-state index contributed by atoms with van der Waals surface area (Å²) in [7, 11) is 0. The van der Waals surface area contributed by atoms with E-state index in [2.05, 4.69) is 6.58 Å². The zero-order chi connectivity index (χ0) is 13.4. The number of nitrogens with zero attached hydrogens (tertiary/aromatic N) is 2. The van der Waals surface area contributed by atoms with Gasteiger partial charge >= 0.3 is 0 Å². The van der Waals surface area contributed by atoms with Gasteiger partial charge in [0.1, 0.15) is 0 Å². The molecule has 0 aliphatic rings. The Kier molecular flexibility index (Phi) is 7.83. The topological polar surface area (TPSA) is 43.8 Å². The highest BCUT2D eigenvalue weighted by molar-refractivity contribution is 5.78. The van der Waals surface area contributed by atoms with Gasteiger partial charge in [-0.2, -0.15) is 0 Å². The molecule has 0 radical (unpaired) electrons. The van der Waals surface area contributed by atoms with Gasteiger partial charge < -0.3 is 10.0 Å². The maximum atomic E-state index is 12.2. The quantitative estimate of drug-likeness (QED) is 0.649. The van der Waals surface area contributed by atoms with E-state index in [4.69, 9.17) is 5.11 Å². The molecule has 0 heterocycles. The molecule has 100 valence electrons. The van der Waals surface area contributed by atoms with Crippen LogP contribution in [0.15, 0.2) is 12.7 Å². The Morgan fingerprint density at radius 3 is 2.18 bits per heavy atom. The second-order valence-corrected chi connectivity index (χ2v) is 4.74. The number of rotatable bonds is 8. The highest BCUT2D eigenvalue weighted by atomic mass is 16.3. The van der Waals surface area contributed by atoms with Crippen molar-refractivity contribution in [3.05, 3.63) is 12.7 Å². The fourth-order valence-corrected chi connectivity index (χ4v) is 2.00. The van der Waals surface area contributed by atoms with Crippen LogP contribution in [0.4, 0.5) is 0 Å². The highest BCUT2D eigenvalue weighted by Crippen LogP contribution is 2.06. The van der Waals surface area contributed by atoms with Crippen molar-refractivity contribution < 1.29 is 9.90 Å². The fourth-order valence-electron chi connectivity index (χ4n) is 2.00. The maximum Gasteiger partial charge on any atom is 0.237 e. The number of hydrogen-bond acceptors (Lipinski definition) is 3. The first-order valence-corrected chi connectivity index (χ1v) is 6.19. The molecule has 0 unspecified atom stereocenters. The van der Waals surface area contributed by atoms with Crippen molar-refractivity contribution in [2.24, 2.45) is 0 Å². The van der Waals surface area contributed by atoms with Crippen LogP contribution < -0.4 is 0 Å². The number of carbonyl (C=O) groups is 1. The molecule has 4 nitrogen and oxygen atoms in total. The Morgan fingerprint density at radius 2 is 1.82 bits per heavy atom. The molecule has 0 fully saturated rings. The zero-order valence-electron chi connectivity index (χ0n) is 11.5. The molecule has 0 bridgehead atoms. The molecule has 0 spiro atoms. The van der Waals surface area contributed by atoms with E-state index in [1.807, 2.05) is 37.5 Å². The number of aliphatic hydroxyl groups excluding tert-OH is 1. The Balaban J connectivity index is 4.49. The molecule has 0 atom stereocenters. The van der Waals surface area contributed by atoms with Crippen molar-refractivity contribution in [2.75, 3.05) is 26.2 Å². The largest absolute Gasteiger partial charge is 0.395 e. The summed E-state index contributed by atoms with van der Waals surface area (Å²) < 4.78 is 0. The van der Waals surface area contributed by atoms with E-state index in [9.17, 15) is 4.79 Å². The molecule has 1 N–H and O–H groups in total. The zero-order valence-corrected chi connectivity index (χ0v) is 11.5. The van der Waals surface area contributed by atoms with Crippen molar-refractivity contribution in [3.8, 4) is 0 Å². The lowest BCUT2D eigenvalue weighted by molar-refractivity contribution is -0.136. The van der Waals surface area contributed by atoms with Crippen molar-refractivity contribution in [1.82, 2.24) is 9.80 Å². The molecule has 17 heavy (non-hydrogen) atoms. The summed E-state index contributed by atoms with van der Waals surface area (Å²) >= 11 is 0. The molecule has 0 saturated carbocycles. The van der Waals surface area contributed by atoms with Gasteiger partial charge in [-0.25, -0.2) is 0 Å². The average molecular weight is 242 g/mol. The lowest BCUT2D eigenvalue weighted by atomic mass is 10.2. The van der Waals surface area contributed by atoms with Crippen molar-refractivity contribution in [1.29, 1.82) is 0 Å². The van der Waals surface area contributed by atoms with E-state index in [1.165, 1.54) is 0 Å². The number of amides is 1. The van der Waals surface area contributed by atoms with Crippen LogP contribution in [0.3, 0.4) is 0 Å². The Hall–Kier alpha value is -0.870. The number of hydrogen-bond donors (Lipinski definition) is 1. The second-order valence-electron chi connectivity index (χ2n) is 4.74. The number of aliphatic hydroxyl groups is 1. The third-order valence-corrected chi connectivity index (χ3v) is 2.56. The van der Waals surface area contributed by atoms with Gasteiger partial charge in [0.05, 0.1) is 13.2 Å². The predicted octanol–water partition coefficient (Wildman–Crippen LogP) is 1.11. The van der Waals surface area contributed by atoms with E-state index in [-0.39, 0.29) is 24.6 Å². The SMILES string of the molecule is C=CCN(CCO)CC(=O)N(C(C)C)C(C)C. The lowest BCUT2D eigenvalue weighted by Gasteiger charge is -2.32. The summed E-state index contributed by atoms with van der Waals surface area (Å²) in [5.41, 5.74) is 0. The Labute approximate surface area is 105 Å². The molecule has 0 aliphatic heterocycles. The van der Waals surface area contributed by atoms with Gasteiger partial charge in [-0.15, -0.1) is 6.58 Å². The van der Waals surface area contributed by atoms with E-state index in [0.29, 0.717) is 19.6 Å². The van der Waals surface area contributed by atoms with Crippen LogP contribution in [-0.2, 0) is 4.79 Å². The molecule has 0 aliphatic carbocycles. The fraction of sp³-hybridized carbons (Fsp3) is 0.769. The summed E-state index contributed by atoms with van der Waals surface area (Å²) in [5.74, 6) is 0.102. The summed E-state index contributed by atoms with van der Waals surface area (Å²) in [6.45, 7) is 13.2. The average Bonchev–Trinajstić information content (AvgIpc) is 2.16. The normalized spacial score (nSPS) is 11.3. The number of carbonyl (C=O) groups excluding carboxylic acids is 1. The molecule has 0 aromatic rings. The highest BCUT2D eigenvalue weighted by Gasteiger charge is 2.21. The van der Waals surface area contributed by atoms with Crippen LogP contribution in [0.1, 0.15) is 27.7 Å². The standard InChI is InChI=1S/C13H26N2O2/c1-6-7-14(8-9-16)10-13(17)15(11(2)3)12(4)5/h6,11-12,16H,1,7-10H2,2-5H3. The first-order chi connectivity index (χ1) is 7.93. The minimum atomic E-state index is 0.0600. The van der Waals surface area contributed by atoms with Gasteiger partial charge in [0.25, 0.3) is 0 Å². The lowest BCUT2D eigenvalue weighted by Crippen LogP contribution is -2.47. The van der Waals surface area contributed by atoms with E-state index in [0.717, 1.165) is 0 Å². The van der Waals surface area contributed by atoms with Gasteiger partial charge in [0.15, 0.2) is 0 Å². The molecule has 0 rings (SSSR count). The summed E-state index contributed by atoms with van der Waals surface area (Å²) in [6.07, 6.45) is 1.75. The van der Waals surface area contributed by atoms with E-state index >= 15 is 0 Å². The van der Waals surface area contributed by atoms with Crippen LogP contribution in [0.25, 0.3) is 0 Å². The summed E-state index contributed by atoms with van der Waals surface area (Å²) in [6, 6.07) is 0.393. The van der Waals surface area contributed by atoms with E-state index in [1.54, 1.807) is 6.08 Å². The molecule has 0 aromatic carbocycles. The van der Waals surface area contributed by atoms with E-state index < -0.39 is 0 Å². The third-order valence-electron chi connectivity index (χ3n) is 2.56. The van der Waals surface area contributed by atoms with Gasteiger partial charge in [-0.05, 0) is 27.7 Å². The first-order valence-electron chi connectivity index (χ1n) is 6.19. The summed E-state index contributed by atoms with van der Waals surface area (Å²) in [4.78, 5) is 15.9. The van der Waals surface area contributed by atoms with Gasteiger partial charge in [-0.3, -0.25) is 9.69 Å². The summed E-state index contributed by atoms with van der Waals surface area (Å²) in [5, 5.41) is 8.93. The molecule has 1 amide bonds. The molecule has 4 heteroatoms. The second kappa shape index (κ2) is 8.25. The minimum absolute atomic E-state index is 0.0600. The molecular weight excluding hydrogens is 216 g/mol. The molecule has 0 aromatic heterocycles. The van der Waals surface area contributed by atoms with Crippen LogP contribution in [0.2, 0.25) is 0 Å².